The van der Waals surface area contributed by atoms with Crippen LogP contribution in [-0.4, -0.2) is 36.9 Å². The Morgan fingerprint density at radius 2 is 2.29 bits per heavy atom. The number of nitrogens with two attached hydrogens (primary N) is 1. The smallest absolute Gasteiger partial charge is 0.340 e. The lowest BCUT2D eigenvalue weighted by atomic mass is 10.0. The van der Waals surface area contributed by atoms with Crippen molar-refractivity contribution in [3.05, 3.63) is 22.7 Å². The predicted octanol–water partition coefficient (Wildman–Crippen LogP) is 2.31. The molecule has 0 radical (unpaired) electrons. The van der Waals surface area contributed by atoms with Crippen LogP contribution in [0, 0.1) is 5.92 Å². The van der Waals surface area contributed by atoms with E-state index in [1.807, 2.05) is 4.90 Å². The molecule has 21 heavy (non-hydrogen) atoms. The van der Waals surface area contributed by atoms with Crippen molar-refractivity contribution in [1.82, 2.24) is 0 Å². The van der Waals surface area contributed by atoms with Crippen LogP contribution in [0.15, 0.2) is 12.1 Å². The Hall–Kier alpha value is -1.46. The van der Waals surface area contributed by atoms with E-state index < -0.39 is 5.97 Å². The van der Waals surface area contributed by atoms with Gasteiger partial charge < -0.3 is 20.5 Å². The van der Waals surface area contributed by atoms with Crippen LogP contribution < -0.4 is 10.6 Å². The highest BCUT2D eigenvalue weighted by atomic mass is 35.5. The number of esters is 1. The standard InChI is InChI=1S/C15H21ClN2O3/c1-3-21-15(20)11-6-10(17)7-12(16)14(11)18-5-4-9(2)13(18)8-19/h6-7,9,13,19H,3-5,8,17H2,1-2H3. The lowest BCUT2D eigenvalue weighted by Gasteiger charge is -2.29. The summed E-state index contributed by atoms with van der Waals surface area (Å²) in [7, 11) is 0. The van der Waals surface area contributed by atoms with Crippen LogP contribution in [0.1, 0.15) is 30.6 Å². The number of hydrogen-bond acceptors (Lipinski definition) is 5. The zero-order valence-corrected chi connectivity index (χ0v) is 13.1. The number of benzene rings is 1. The molecule has 2 atom stereocenters. The predicted molar refractivity (Wildman–Crippen MR) is 83.8 cm³/mol. The van der Waals surface area contributed by atoms with Crippen LogP contribution in [0.3, 0.4) is 0 Å². The fraction of sp³-hybridized carbons (Fsp3) is 0.533. The topological polar surface area (TPSA) is 75.8 Å². The minimum absolute atomic E-state index is 0.0180. The van der Waals surface area contributed by atoms with Crippen LogP contribution in [0.5, 0.6) is 0 Å². The van der Waals surface area contributed by atoms with Crippen LogP contribution in [0.4, 0.5) is 11.4 Å². The molecular weight excluding hydrogens is 292 g/mol. The third-order valence-electron chi connectivity index (χ3n) is 3.94. The van der Waals surface area contributed by atoms with Gasteiger partial charge in [0, 0.05) is 12.2 Å². The van der Waals surface area contributed by atoms with Crippen LogP contribution >= 0.6 is 11.6 Å². The first-order valence-corrected chi connectivity index (χ1v) is 7.51. The molecular formula is C15H21ClN2O3. The number of hydrogen-bond donors (Lipinski definition) is 2. The molecule has 1 aliphatic heterocycles. The second kappa shape index (κ2) is 6.54. The van der Waals surface area contributed by atoms with Gasteiger partial charge in [0.15, 0.2) is 0 Å². The molecule has 0 spiro atoms. The highest BCUT2D eigenvalue weighted by Crippen LogP contribution is 2.38. The molecule has 0 aromatic heterocycles. The van der Waals surface area contributed by atoms with Crippen molar-refractivity contribution < 1.29 is 14.6 Å². The van der Waals surface area contributed by atoms with Crippen LogP contribution in [-0.2, 0) is 4.74 Å². The Balaban J connectivity index is 2.49. The van der Waals surface area contributed by atoms with Crippen LogP contribution in [0.25, 0.3) is 0 Å². The first-order valence-electron chi connectivity index (χ1n) is 7.13. The fourth-order valence-electron chi connectivity index (χ4n) is 2.84. The van der Waals surface area contributed by atoms with E-state index in [4.69, 9.17) is 22.1 Å². The molecule has 0 amide bonds. The summed E-state index contributed by atoms with van der Waals surface area (Å²) < 4.78 is 5.09. The molecule has 2 unspecified atom stereocenters. The number of aliphatic hydroxyl groups is 1. The third-order valence-corrected chi connectivity index (χ3v) is 4.23. The Morgan fingerprint density at radius 3 is 2.90 bits per heavy atom. The van der Waals surface area contributed by atoms with Crippen molar-refractivity contribution in [3.63, 3.8) is 0 Å². The molecule has 1 fully saturated rings. The first-order chi connectivity index (χ1) is 9.99. The molecule has 0 saturated carbocycles. The summed E-state index contributed by atoms with van der Waals surface area (Å²) in [5, 5.41) is 10.0. The van der Waals surface area contributed by atoms with Gasteiger partial charge in [-0.05, 0) is 31.4 Å². The van der Waals surface area contributed by atoms with E-state index in [-0.39, 0.29) is 19.3 Å². The van der Waals surface area contributed by atoms with Gasteiger partial charge in [0.1, 0.15) is 0 Å². The zero-order valence-electron chi connectivity index (χ0n) is 12.3. The Morgan fingerprint density at radius 1 is 1.57 bits per heavy atom. The number of carbonyl (C=O) groups is 1. The van der Waals surface area contributed by atoms with Crippen molar-refractivity contribution in [2.45, 2.75) is 26.3 Å². The minimum atomic E-state index is -0.446. The molecule has 3 N–H and O–H groups in total. The Bertz CT molecular complexity index is 536. The molecule has 1 aromatic rings. The van der Waals surface area contributed by atoms with Gasteiger partial charge in [-0.1, -0.05) is 18.5 Å². The van der Waals surface area contributed by atoms with Crippen molar-refractivity contribution >= 4 is 28.9 Å². The van der Waals surface area contributed by atoms with Gasteiger partial charge >= 0.3 is 5.97 Å². The Kier molecular flexibility index (Phi) is 4.96. The van der Waals surface area contributed by atoms with E-state index in [2.05, 4.69) is 6.92 Å². The van der Waals surface area contributed by atoms with Crippen LogP contribution in [0.2, 0.25) is 5.02 Å². The molecule has 116 valence electrons. The van der Waals surface area contributed by atoms with Crippen molar-refractivity contribution in [3.8, 4) is 0 Å². The second-order valence-electron chi connectivity index (χ2n) is 5.33. The number of carbonyl (C=O) groups excluding carboxylic acids is 1. The summed E-state index contributed by atoms with van der Waals surface area (Å²) in [5.41, 5.74) is 7.17. The lowest BCUT2D eigenvalue weighted by molar-refractivity contribution is 0.0527. The first kappa shape index (κ1) is 15.9. The van der Waals surface area contributed by atoms with Gasteiger partial charge in [-0.3, -0.25) is 0 Å². The number of ether oxygens (including phenoxy) is 1. The normalized spacial score (nSPS) is 21.6. The molecule has 1 saturated heterocycles. The largest absolute Gasteiger partial charge is 0.462 e. The zero-order chi connectivity index (χ0) is 15.6. The number of rotatable bonds is 4. The highest BCUT2D eigenvalue weighted by Gasteiger charge is 2.34. The lowest BCUT2D eigenvalue weighted by Crippen LogP contribution is -2.36. The fourth-order valence-corrected chi connectivity index (χ4v) is 3.18. The summed E-state index contributed by atoms with van der Waals surface area (Å²) in [6.07, 6.45) is 0.939. The number of anilines is 2. The van der Waals surface area contributed by atoms with Gasteiger partial charge in [-0.2, -0.15) is 0 Å². The van der Waals surface area contributed by atoms with Gasteiger partial charge in [0.05, 0.1) is 35.5 Å². The van der Waals surface area contributed by atoms with E-state index in [0.717, 1.165) is 13.0 Å². The summed E-state index contributed by atoms with van der Waals surface area (Å²) >= 11 is 6.32. The summed E-state index contributed by atoms with van der Waals surface area (Å²) in [5.74, 6) is -0.114. The van der Waals surface area contributed by atoms with Gasteiger partial charge in [-0.15, -0.1) is 0 Å². The van der Waals surface area contributed by atoms with Crippen molar-refractivity contribution in [1.29, 1.82) is 0 Å². The molecule has 1 heterocycles. The number of aliphatic hydroxyl groups excluding tert-OH is 1. The highest BCUT2D eigenvalue weighted by molar-refractivity contribution is 6.34. The number of nitrogens with zero attached hydrogens (tertiary/aromatic N) is 1. The van der Waals surface area contributed by atoms with E-state index >= 15 is 0 Å². The number of nitrogen functional groups attached to an aromatic ring is 1. The molecule has 0 bridgehead atoms. The maximum absolute atomic E-state index is 12.2. The SMILES string of the molecule is CCOC(=O)c1cc(N)cc(Cl)c1N1CCC(C)C1CO. The average Bonchev–Trinajstić information content (AvgIpc) is 2.79. The molecule has 0 aliphatic carbocycles. The maximum atomic E-state index is 12.2. The molecule has 5 nitrogen and oxygen atoms in total. The summed E-state index contributed by atoms with van der Waals surface area (Å²) in [6, 6.07) is 3.15. The van der Waals surface area contributed by atoms with E-state index in [0.29, 0.717) is 27.9 Å². The third kappa shape index (κ3) is 3.09. The van der Waals surface area contributed by atoms with E-state index in [9.17, 15) is 9.90 Å². The molecule has 6 heteroatoms. The van der Waals surface area contributed by atoms with E-state index in [1.165, 1.54) is 0 Å². The monoisotopic (exact) mass is 312 g/mol. The Labute approximate surface area is 129 Å². The van der Waals surface area contributed by atoms with Crippen molar-refractivity contribution in [2.75, 3.05) is 30.4 Å². The van der Waals surface area contributed by atoms with Gasteiger partial charge in [0.2, 0.25) is 0 Å². The summed E-state index contributed by atoms with van der Waals surface area (Å²) in [6.45, 7) is 4.87. The maximum Gasteiger partial charge on any atom is 0.340 e. The van der Waals surface area contributed by atoms with Gasteiger partial charge in [0.25, 0.3) is 0 Å². The van der Waals surface area contributed by atoms with Gasteiger partial charge in [-0.25, -0.2) is 4.79 Å². The molecule has 1 aliphatic rings. The minimum Gasteiger partial charge on any atom is -0.462 e. The average molecular weight is 313 g/mol. The summed E-state index contributed by atoms with van der Waals surface area (Å²) in [4.78, 5) is 14.2. The molecule has 1 aromatic carbocycles. The quantitative estimate of drug-likeness (QED) is 0.659. The number of halogens is 1. The second-order valence-corrected chi connectivity index (χ2v) is 5.74. The van der Waals surface area contributed by atoms with E-state index in [1.54, 1.807) is 19.1 Å². The molecule has 2 rings (SSSR count). The van der Waals surface area contributed by atoms with Crippen molar-refractivity contribution in [2.24, 2.45) is 5.92 Å².